The van der Waals surface area contributed by atoms with Crippen molar-refractivity contribution >= 4 is 0 Å². The lowest BCUT2D eigenvalue weighted by Gasteiger charge is -2.20. The average molecular weight is 226 g/mol. The fourth-order valence-corrected chi connectivity index (χ4v) is 1.51. The molecule has 2 N–H and O–H groups in total. The Kier molecular flexibility index (Phi) is 5.77. The molecule has 90 valence electrons. The third-order valence-electron chi connectivity index (χ3n) is 2.39. The summed E-state index contributed by atoms with van der Waals surface area (Å²) in [5.74, 6) is 0. The smallest absolute Gasteiger partial charge is 0.250 e. The van der Waals surface area contributed by atoms with E-state index in [9.17, 15) is 4.79 Å². The summed E-state index contributed by atoms with van der Waals surface area (Å²) in [6.45, 7) is 2.36. The van der Waals surface area contributed by atoms with Gasteiger partial charge in [-0.3, -0.25) is 9.69 Å². The maximum atomic E-state index is 11.4. The maximum Gasteiger partial charge on any atom is 0.250 e. The highest BCUT2D eigenvalue weighted by Gasteiger charge is 2.03. The molecule has 0 aromatic carbocycles. The Morgan fingerprint density at radius 2 is 1.81 bits per heavy atom. The Balaban J connectivity index is 2.48. The van der Waals surface area contributed by atoms with Gasteiger partial charge in [-0.2, -0.15) is 0 Å². The summed E-state index contributed by atoms with van der Waals surface area (Å²) in [6, 6.07) is 5.03. The van der Waals surface area contributed by atoms with E-state index < -0.39 is 0 Å². The van der Waals surface area contributed by atoms with Crippen molar-refractivity contribution in [2.24, 2.45) is 0 Å². The topological polar surface area (TPSA) is 65.7 Å². The van der Waals surface area contributed by atoms with Gasteiger partial charge >= 0.3 is 0 Å². The zero-order valence-corrected chi connectivity index (χ0v) is 9.25. The predicted molar refractivity (Wildman–Crippen MR) is 61.3 cm³/mol. The molecule has 0 aliphatic rings. The largest absolute Gasteiger partial charge is 0.395 e. The molecule has 0 spiro atoms. The molecule has 1 aromatic heterocycles. The van der Waals surface area contributed by atoms with Crippen LogP contribution in [0.25, 0.3) is 0 Å². The second-order valence-electron chi connectivity index (χ2n) is 3.52. The summed E-state index contributed by atoms with van der Waals surface area (Å²) in [7, 11) is 0. The van der Waals surface area contributed by atoms with Gasteiger partial charge in [0.05, 0.1) is 13.2 Å². The number of aliphatic hydroxyl groups excluding tert-OH is 2. The van der Waals surface area contributed by atoms with Gasteiger partial charge in [0.1, 0.15) is 0 Å². The van der Waals surface area contributed by atoms with Crippen molar-refractivity contribution in [2.75, 3.05) is 32.8 Å². The Hall–Kier alpha value is -1.17. The van der Waals surface area contributed by atoms with Crippen LogP contribution in [0.5, 0.6) is 0 Å². The molecule has 5 nitrogen and oxygen atoms in total. The highest BCUT2D eigenvalue weighted by Crippen LogP contribution is 1.90. The summed E-state index contributed by atoms with van der Waals surface area (Å²) in [6.07, 6.45) is 1.73. The van der Waals surface area contributed by atoms with Crippen molar-refractivity contribution in [1.82, 2.24) is 9.47 Å². The van der Waals surface area contributed by atoms with Crippen molar-refractivity contribution in [2.45, 2.75) is 6.54 Å². The van der Waals surface area contributed by atoms with E-state index in [4.69, 9.17) is 10.2 Å². The quantitative estimate of drug-likeness (QED) is 0.634. The van der Waals surface area contributed by atoms with Crippen LogP contribution in [0.4, 0.5) is 0 Å². The van der Waals surface area contributed by atoms with Crippen LogP contribution < -0.4 is 5.56 Å². The highest BCUT2D eigenvalue weighted by atomic mass is 16.3. The van der Waals surface area contributed by atoms with Gasteiger partial charge in [0, 0.05) is 38.4 Å². The van der Waals surface area contributed by atoms with Crippen LogP contribution in [0, 0.1) is 0 Å². The number of aromatic nitrogens is 1. The first-order valence-corrected chi connectivity index (χ1v) is 5.37. The molecule has 0 bridgehead atoms. The van der Waals surface area contributed by atoms with Crippen molar-refractivity contribution in [3.8, 4) is 0 Å². The molecule has 1 heterocycles. The van der Waals surface area contributed by atoms with Gasteiger partial charge in [-0.05, 0) is 6.07 Å². The molecule has 16 heavy (non-hydrogen) atoms. The van der Waals surface area contributed by atoms with Gasteiger partial charge in [0.25, 0.3) is 5.56 Å². The molecule has 1 rings (SSSR count). The van der Waals surface area contributed by atoms with E-state index in [1.807, 2.05) is 11.0 Å². The summed E-state index contributed by atoms with van der Waals surface area (Å²) in [5, 5.41) is 17.6. The molecule has 0 aliphatic heterocycles. The number of rotatable bonds is 7. The Morgan fingerprint density at radius 1 is 1.12 bits per heavy atom. The van der Waals surface area contributed by atoms with Crippen molar-refractivity contribution in [1.29, 1.82) is 0 Å². The van der Waals surface area contributed by atoms with E-state index in [0.29, 0.717) is 26.2 Å². The van der Waals surface area contributed by atoms with Gasteiger partial charge in [-0.25, -0.2) is 0 Å². The number of nitrogens with zero attached hydrogens (tertiary/aromatic N) is 2. The van der Waals surface area contributed by atoms with E-state index >= 15 is 0 Å². The third kappa shape index (κ3) is 4.14. The Morgan fingerprint density at radius 3 is 2.38 bits per heavy atom. The molecule has 0 aliphatic carbocycles. The second-order valence-corrected chi connectivity index (χ2v) is 3.52. The zero-order valence-electron chi connectivity index (χ0n) is 9.25. The molecule has 0 unspecified atom stereocenters. The number of hydrogen-bond acceptors (Lipinski definition) is 4. The molecule has 0 fully saturated rings. The van der Waals surface area contributed by atoms with Crippen molar-refractivity contribution in [3.63, 3.8) is 0 Å². The van der Waals surface area contributed by atoms with Crippen LogP contribution in [-0.2, 0) is 6.54 Å². The lowest BCUT2D eigenvalue weighted by atomic mass is 10.4. The van der Waals surface area contributed by atoms with E-state index in [2.05, 4.69) is 0 Å². The van der Waals surface area contributed by atoms with Gasteiger partial charge in [-0.1, -0.05) is 6.07 Å². The summed E-state index contributed by atoms with van der Waals surface area (Å²) in [5.41, 5.74) is -0.0320. The SMILES string of the molecule is O=c1ccccn1CCN(CCO)CCO. The highest BCUT2D eigenvalue weighted by molar-refractivity contribution is 4.93. The molecular weight excluding hydrogens is 208 g/mol. The first kappa shape index (κ1) is 12.9. The molecule has 0 saturated carbocycles. The number of pyridine rings is 1. The molecule has 0 atom stereocenters. The molecular formula is C11H18N2O3. The van der Waals surface area contributed by atoms with Crippen molar-refractivity contribution in [3.05, 3.63) is 34.7 Å². The van der Waals surface area contributed by atoms with Crippen LogP contribution in [0.2, 0.25) is 0 Å². The van der Waals surface area contributed by atoms with Gasteiger partial charge in [0.2, 0.25) is 0 Å². The normalized spacial score (nSPS) is 10.9. The zero-order chi connectivity index (χ0) is 11.8. The van der Waals surface area contributed by atoms with Gasteiger partial charge in [-0.15, -0.1) is 0 Å². The molecule has 0 saturated heterocycles. The first-order chi connectivity index (χ1) is 7.77. The summed E-state index contributed by atoms with van der Waals surface area (Å²) in [4.78, 5) is 13.3. The van der Waals surface area contributed by atoms with Crippen LogP contribution in [-0.4, -0.2) is 52.5 Å². The molecule has 5 heteroatoms. The van der Waals surface area contributed by atoms with Crippen LogP contribution in [0.15, 0.2) is 29.2 Å². The Labute approximate surface area is 94.6 Å². The number of hydrogen-bond donors (Lipinski definition) is 2. The standard InChI is InChI=1S/C11H18N2O3/c14-9-7-12(8-10-15)5-6-13-4-2-1-3-11(13)16/h1-4,14-15H,5-10H2. The predicted octanol–water partition coefficient (Wildman–Crippen LogP) is -0.865. The lowest BCUT2D eigenvalue weighted by molar-refractivity contribution is 0.157. The monoisotopic (exact) mass is 226 g/mol. The summed E-state index contributed by atoms with van der Waals surface area (Å²) < 4.78 is 1.61. The summed E-state index contributed by atoms with van der Waals surface area (Å²) >= 11 is 0. The maximum absolute atomic E-state index is 11.4. The van der Waals surface area contributed by atoms with Crippen LogP contribution in [0.3, 0.4) is 0 Å². The van der Waals surface area contributed by atoms with Crippen LogP contribution in [0.1, 0.15) is 0 Å². The average Bonchev–Trinajstić information content (AvgIpc) is 2.28. The lowest BCUT2D eigenvalue weighted by Crippen LogP contribution is -2.34. The minimum Gasteiger partial charge on any atom is -0.395 e. The van der Waals surface area contributed by atoms with Crippen molar-refractivity contribution < 1.29 is 10.2 Å². The first-order valence-electron chi connectivity index (χ1n) is 5.37. The second kappa shape index (κ2) is 7.16. The molecule has 1 aromatic rings. The van der Waals surface area contributed by atoms with E-state index in [0.717, 1.165) is 0 Å². The minimum absolute atomic E-state index is 0.0320. The molecule has 0 radical (unpaired) electrons. The van der Waals surface area contributed by atoms with Gasteiger partial charge in [0.15, 0.2) is 0 Å². The van der Waals surface area contributed by atoms with Gasteiger partial charge < -0.3 is 14.8 Å². The fraction of sp³-hybridized carbons (Fsp3) is 0.545. The molecule has 0 amide bonds. The van der Waals surface area contributed by atoms with E-state index in [1.165, 1.54) is 6.07 Å². The Bertz CT molecular complexity index is 345. The van der Waals surface area contributed by atoms with E-state index in [-0.39, 0.29) is 18.8 Å². The number of aliphatic hydroxyl groups is 2. The van der Waals surface area contributed by atoms with Crippen LogP contribution >= 0.6 is 0 Å². The minimum atomic E-state index is -0.0320. The van der Waals surface area contributed by atoms with E-state index in [1.54, 1.807) is 16.8 Å². The third-order valence-corrected chi connectivity index (χ3v) is 2.39. The fourth-order valence-electron chi connectivity index (χ4n) is 1.51.